The third kappa shape index (κ3) is 6.97. The van der Waals surface area contributed by atoms with E-state index in [1.807, 2.05) is 32.6 Å². The van der Waals surface area contributed by atoms with E-state index in [-0.39, 0.29) is 12.1 Å². The molecular formula is C17H34N2O3. The molecule has 1 fully saturated rings. The molecule has 0 radical (unpaired) electrons. The Bertz CT molecular complexity index is 341. The summed E-state index contributed by atoms with van der Waals surface area (Å²) >= 11 is 0. The normalized spacial score (nSPS) is 23.0. The van der Waals surface area contributed by atoms with Gasteiger partial charge in [-0.2, -0.15) is 0 Å². The fourth-order valence-electron chi connectivity index (χ4n) is 2.92. The minimum absolute atomic E-state index is 0.178. The zero-order chi connectivity index (χ0) is 16.8. The highest BCUT2D eigenvalue weighted by Crippen LogP contribution is 2.25. The lowest BCUT2D eigenvalue weighted by atomic mass is 9.91. The second-order valence-electron chi connectivity index (χ2n) is 7.37. The van der Waals surface area contributed by atoms with Crippen LogP contribution in [0.3, 0.4) is 0 Å². The fourth-order valence-corrected chi connectivity index (χ4v) is 2.92. The third-order valence-electron chi connectivity index (χ3n) is 4.00. The van der Waals surface area contributed by atoms with Crippen LogP contribution in [0.1, 0.15) is 47.5 Å². The van der Waals surface area contributed by atoms with E-state index < -0.39 is 5.60 Å². The van der Waals surface area contributed by atoms with Crippen molar-refractivity contribution in [1.82, 2.24) is 9.80 Å². The molecule has 1 rings (SSSR count). The number of ether oxygens (including phenoxy) is 2. The number of carbonyl (C=O) groups is 1. The molecule has 22 heavy (non-hydrogen) atoms. The maximum absolute atomic E-state index is 12.2. The zero-order valence-corrected chi connectivity index (χ0v) is 15.2. The number of hydrogen-bond donors (Lipinski definition) is 0. The Hall–Kier alpha value is -0.810. The Morgan fingerprint density at radius 3 is 2.59 bits per heavy atom. The SMILES string of the molecule is CCOCCN(C)C[C@H]1CCN(C(=O)OC(C)(C)C)[C@@H](C)C1. The number of nitrogens with zero attached hydrogens (tertiary/aromatic N) is 2. The van der Waals surface area contributed by atoms with E-state index in [1.54, 1.807) is 0 Å². The van der Waals surface area contributed by atoms with E-state index in [0.29, 0.717) is 5.92 Å². The van der Waals surface area contributed by atoms with Crippen molar-refractivity contribution in [3.8, 4) is 0 Å². The van der Waals surface area contributed by atoms with E-state index in [0.717, 1.165) is 45.7 Å². The molecule has 130 valence electrons. The largest absolute Gasteiger partial charge is 0.444 e. The molecule has 1 aliphatic heterocycles. The lowest BCUT2D eigenvalue weighted by molar-refractivity contribution is 0.00515. The van der Waals surface area contributed by atoms with Gasteiger partial charge in [0, 0.05) is 32.3 Å². The molecule has 0 unspecified atom stereocenters. The average Bonchev–Trinajstić information content (AvgIpc) is 2.36. The molecule has 5 nitrogen and oxygen atoms in total. The van der Waals surface area contributed by atoms with Gasteiger partial charge in [-0.3, -0.25) is 0 Å². The number of amides is 1. The van der Waals surface area contributed by atoms with Crippen LogP contribution in [-0.4, -0.2) is 67.4 Å². The molecule has 1 amide bonds. The molecular weight excluding hydrogens is 280 g/mol. The van der Waals surface area contributed by atoms with Crippen molar-refractivity contribution in [2.75, 3.05) is 39.9 Å². The first-order valence-electron chi connectivity index (χ1n) is 8.48. The van der Waals surface area contributed by atoms with Crippen molar-refractivity contribution in [3.63, 3.8) is 0 Å². The summed E-state index contributed by atoms with van der Waals surface area (Å²) in [5, 5.41) is 0. The first-order chi connectivity index (χ1) is 10.2. The molecule has 0 N–H and O–H groups in total. The van der Waals surface area contributed by atoms with Gasteiger partial charge in [0.2, 0.25) is 0 Å². The Balaban J connectivity index is 2.37. The molecule has 2 atom stereocenters. The Morgan fingerprint density at radius 2 is 2.05 bits per heavy atom. The maximum atomic E-state index is 12.2. The summed E-state index contributed by atoms with van der Waals surface area (Å²) in [5.74, 6) is 0.639. The molecule has 0 aromatic heterocycles. The first kappa shape index (κ1) is 19.2. The summed E-state index contributed by atoms with van der Waals surface area (Å²) in [5.41, 5.74) is -0.423. The molecule has 0 aliphatic carbocycles. The quantitative estimate of drug-likeness (QED) is 0.707. The van der Waals surface area contributed by atoms with Gasteiger partial charge in [-0.05, 0) is 60.4 Å². The van der Waals surface area contributed by atoms with E-state index >= 15 is 0 Å². The molecule has 5 heteroatoms. The molecule has 1 heterocycles. The first-order valence-corrected chi connectivity index (χ1v) is 8.48. The minimum atomic E-state index is -0.423. The summed E-state index contributed by atoms with van der Waals surface area (Å²) in [6, 6.07) is 0.244. The number of likely N-dealkylation sites (tertiary alicyclic amines) is 1. The van der Waals surface area contributed by atoms with Crippen LogP contribution in [0.2, 0.25) is 0 Å². The van der Waals surface area contributed by atoms with Crippen LogP contribution < -0.4 is 0 Å². The Morgan fingerprint density at radius 1 is 1.36 bits per heavy atom. The second kappa shape index (κ2) is 8.73. The van der Waals surface area contributed by atoms with Gasteiger partial charge in [-0.15, -0.1) is 0 Å². The van der Waals surface area contributed by atoms with E-state index in [1.165, 1.54) is 0 Å². The molecule has 1 aliphatic rings. The van der Waals surface area contributed by atoms with E-state index in [4.69, 9.17) is 9.47 Å². The highest BCUT2D eigenvalue weighted by Gasteiger charge is 2.31. The number of hydrogen-bond acceptors (Lipinski definition) is 4. The Labute approximate surface area is 135 Å². The second-order valence-corrected chi connectivity index (χ2v) is 7.37. The summed E-state index contributed by atoms with van der Waals surface area (Å²) < 4.78 is 10.9. The van der Waals surface area contributed by atoms with Gasteiger partial charge in [-0.1, -0.05) is 0 Å². The lowest BCUT2D eigenvalue weighted by Gasteiger charge is -2.39. The fraction of sp³-hybridized carbons (Fsp3) is 0.941. The highest BCUT2D eigenvalue weighted by atomic mass is 16.6. The lowest BCUT2D eigenvalue weighted by Crippen LogP contribution is -2.48. The maximum Gasteiger partial charge on any atom is 0.410 e. The van der Waals surface area contributed by atoms with Gasteiger partial charge < -0.3 is 19.3 Å². The van der Waals surface area contributed by atoms with Gasteiger partial charge in [0.15, 0.2) is 0 Å². The monoisotopic (exact) mass is 314 g/mol. The van der Waals surface area contributed by atoms with Crippen LogP contribution in [0.5, 0.6) is 0 Å². The van der Waals surface area contributed by atoms with Crippen molar-refractivity contribution < 1.29 is 14.3 Å². The number of rotatable bonds is 6. The summed E-state index contributed by atoms with van der Waals surface area (Å²) in [6.45, 7) is 14.3. The highest BCUT2D eigenvalue weighted by molar-refractivity contribution is 5.68. The topological polar surface area (TPSA) is 42.0 Å². The van der Waals surface area contributed by atoms with Crippen molar-refractivity contribution in [2.45, 2.75) is 59.1 Å². The standard InChI is InChI=1S/C17H34N2O3/c1-7-21-11-10-18(6)13-15-8-9-19(14(2)12-15)16(20)22-17(3,4)5/h14-15H,7-13H2,1-6H3/t14-,15-/m0/s1. The summed E-state index contributed by atoms with van der Waals surface area (Å²) in [6.07, 6.45) is 1.91. The van der Waals surface area contributed by atoms with Gasteiger partial charge in [0.1, 0.15) is 5.60 Å². The van der Waals surface area contributed by atoms with E-state index in [9.17, 15) is 4.79 Å². The average molecular weight is 314 g/mol. The molecule has 0 saturated carbocycles. The van der Waals surface area contributed by atoms with Crippen LogP contribution in [-0.2, 0) is 9.47 Å². The minimum Gasteiger partial charge on any atom is -0.444 e. The zero-order valence-electron chi connectivity index (χ0n) is 15.2. The predicted octanol–water partition coefficient (Wildman–Crippen LogP) is 2.99. The summed E-state index contributed by atoms with van der Waals surface area (Å²) in [4.78, 5) is 16.4. The number of likely N-dealkylation sites (N-methyl/N-ethyl adjacent to an activating group) is 1. The molecule has 0 aromatic carbocycles. The number of carbonyl (C=O) groups excluding carboxylic acids is 1. The van der Waals surface area contributed by atoms with Crippen LogP contribution in [0.15, 0.2) is 0 Å². The van der Waals surface area contributed by atoms with Crippen LogP contribution in [0, 0.1) is 5.92 Å². The van der Waals surface area contributed by atoms with Gasteiger partial charge in [0.05, 0.1) is 6.61 Å². The van der Waals surface area contributed by atoms with Gasteiger partial charge in [0.25, 0.3) is 0 Å². The van der Waals surface area contributed by atoms with Crippen LogP contribution in [0.25, 0.3) is 0 Å². The van der Waals surface area contributed by atoms with Crippen molar-refractivity contribution >= 4 is 6.09 Å². The Kier molecular flexibility index (Phi) is 7.63. The van der Waals surface area contributed by atoms with Gasteiger partial charge >= 0.3 is 6.09 Å². The van der Waals surface area contributed by atoms with Crippen molar-refractivity contribution in [3.05, 3.63) is 0 Å². The molecule has 0 aromatic rings. The van der Waals surface area contributed by atoms with Crippen molar-refractivity contribution in [2.24, 2.45) is 5.92 Å². The van der Waals surface area contributed by atoms with Crippen molar-refractivity contribution in [1.29, 1.82) is 0 Å². The van der Waals surface area contributed by atoms with Crippen LogP contribution in [0.4, 0.5) is 4.79 Å². The predicted molar refractivity (Wildman–Crippen MR) is 89.1 cm³/mol. The molecule has 0 bridgehead atoms. The van der Waals surface area contributed by atoms with E-state index in [2.05, 4.69) is 18.9 Å². The number of piperidine rings is 1. The molecule has 1 saturated heterocycles. The molecule has 0 spiro atoms. The smallest absolute Gasteiger partial charge is 0.410 e. The van der Waals surface area contributed by atoms with Gasteiger partial charge in [-0.25, -0.2) is 4.79 Å². The van der Waals surface area contributed by atoms with Crippen LogP contribution >= 0.6 is 0 Å². The summed E-state index contributed by atoms with van der Waals surface area (Å²) in [7, 11) is 2.14. The third-order valence-corrected chi connectivity index (χ3v) is 4.00.